The molecule has 1 unspecified atom stereocenters. The molecule has 0 saturated carbocycles. The van der Waals surface area contributed by atoms with Crippen LogP contribution >= 0.6 is 15.9 Å². The highest BCUT2D eigenvalue weighted by Gasteiger charge is 2.31. The standard InChI is InChI=1S/C12H10BrN3O/c1-2-8-3-11(17)16(7-8)12-9(5-14)4-10(13)6-15-12/h2,4,6,8H,1,3,7H2. The summed E-state index contributed by atoms with van der Waals surface area (Å²) < 4.78 is 0.727. The van der Waals surface area contributed by atoms with Crippen LogP contribution in [0.4, 0.5) is 5.82 Å². The monoisotopic (exact) mass is 291 g/mol. The smallest absolute Gasteiger partial charge is 0.228 e. The Hall–Kier alpha value is -1.67. The van der Waals surface area contributed by atoms with Gasteiger partial charge in [-0.05, 0) is 22.0 Å². The molecule has 1 aliphatic rings. The second kappa shape index (κ2) is 4.68. The zero-order valence-corrected chi connectivity index (χ0v) is 10.6. The van der Waals surface area contributed by atoms with Gasteiger partial charge < -0.3 is 0 Å². The van der Waals surface area contributed by atoms with Crippen LogP contribution in [-0.4, -0.2) is 17.4 Å². The molecule has 1 saturated heterocycles. The van der Waals surface area contributed by atoms with Crippen LogP contribution in [0.5, 0.6) is 0 Å². The van der Waals surface area contributed by atoms with Gasteiger partial charge in [0.15, 0.2) is 5.82 Å². The number of rotatable bonds is 2. The van der Waals surface area contributed by atoms with Gasteiger partial charge in [0.2, 0.25) is 5.91 Å². The molecule has 0 aromatic carbocycles. The van der Waals surface area contributed by atoms with Crippen LogP contribution in [0.25, 0.3) is 0 Å². The van der Waals surface area contributed by atoms with E-state index in [9.17, 15) is 4.79 Å². The highest BCUT2D eigenvalue weighted by Crippen LogP contribution is 2.27. The predicted octanol–water partition coefficient (Wildman–Crippen LogP) is 2.25. The number of carbonyl (C=O) groups is 1. The van der Waals surface area contributed by atoms with Crippen LogP contribution in [0.3, 0.4) is 0 Å². The van der Waals surface area contributed by atoms with E-state index in [0.717, 1.165) is 4.47 Å². The Morgan fingerprint density at radius 3 is 3.06 bits per heavy atom. The van der Waals surface area contributed by atoms with Crippen molar-refractivity contribution in [2.24, 2.45) is 5.92 Å². The molecule has 2 rings (SSSR count). The van der Waals surface area contributed by atoms with Gasteiger partial charge in [0.05, 0.1) is 5.56 Å². The van der Waals surface area contributed by atoms with Crippen molar-refractivity contribution >= 4 is 27.7 Å². The predicted molar refractivity (Wildman–Crippen MR) is 67.3 cm³/mol. The Kier molecular flexibility index (Phi) is 3.25. The molecule has 5 heteroatoms. The molecule has 0 spiro atoms. The summed E-state index contributed by atoms with van der Waals surface area (Å²) in [6, 6.07) is 3.72. The van der Waals surface area contributed by atoms with Gasteiger partial charge in [0.1, 0.15) is 6.07 Å². The summed E-state index contributed by atoms with van der Waals surface area (Å²) in [5.41, 5.74) is 0.400. The third-order valence-corrected chi connectivity index (χ3v) is 3.13. The first-order valence-electron chi connectivity index (χ1n) is 5.14. The molecule has 1 atom stereocenters. The molecule has 17 heavy (non-hydrogen) atoms. The molecule has 1 amide bonds. The van der Waals surface area contributed by atoms with E-state index < -0.39 is 0 Å². The Bertz CT molecular complexity index is 521. The van der Waals surface area contributed by atoms with E-state index in [1.807, 2.05) is 0 Å². The average molecular weight is 292 g/mol. The lowest BCUT2D eigenvalue weighted by atomic mass is 10.1. The van der Waals surface area contributed by atoms with Gasteiger partial charge in [-0.1, -0.05) is 6.08 Å². The maximum Gasteiger partial charge on any atom is 0.228 e. The molecule has 86 valence electrons. The molecule has 0 bridgehead atoms. The van der Waals surface area contributed by atoms with Gasteiger partial charge in [-0.15, -0.1) is 6.58 Å². The van der Waals surface area contributed by atoms with E-state index in [1.165, 1.54) is 0 Å². The first kappa shape index (κ1) is 11.8. The number of carbonyl (C=O) groups excluding carboxylic acids is 1. The van der Waals surface area contributed by atoms with E-state index in [0.29, 0.717) is 24.3 Å². The first-order valence-corrected chi connectivity index (χ1v) is 5.93. The zero-order chi connectivity index (χ0) is 12.4. The molecule has 1 aliphatic heterocycles. The SMILES string of the molecule is C=CC1CC(=O)N(c2ncc(Br)cc2C#N)C1. The molecule has 2 heterocycles. The fourth-order valence-corrected chi connectivity index (χ4v) is 2.16. The quantitative estimate of drug-likeness (QED) is 0.786. The summed E-state index contributed by atoms with van der Waals surface area (Å²) in [5.74, 6) is 0.561. The van der Waals surface area contributed by atoms with E-state index >= 15 is 0 Å². The number of halogens is 1. The van der Waals surface area contributed by atoms with Gasteiger partial charge in [0.25, 0.3) is 0 Å². The molecule has 1 fully saturated rings. The molecule has 0 aliphatic carbocycles. The molecule has 0 N–H and O–H groups in total. The summed E-state index contributed by atoms with van der Waals surface area (Å²) in [4.78, 5) is 17.5. The van der Waals surface area contributed by atoms with Gasteiger partial charge >= 0.3 is 0 Å². The number of amides is 1. The number of hydrogen-bond donors (Lipinski definition) is 0. The Balaban J connectivity index is 2.38. The second-order valence-electron chi connectivity index (χ2n) is 3.84. The van der Waals surface area contributed by atoms with Crippen LogP contribution < -0.4 is 4.90 Å². The normalized spacial score (nSPS) is 19.2. The maximum atomic E-state index is 11.8. The van der Waals surface area contributed by atoms with Crippen LogP contribution in [0.2, 0.25) is 0 Å². The molecular weight excluding hydrogens is 282 g/mol. The number of aromatic nitrogens is 1. The first-order chi connectivity index (χ1) is 8.15. The van der Waals surface area contributed by atoms with Gasteiger partial charge in [-0.2, -0.15) is 5.26 Å². The topological polar surface area (TPSA) is 57.0 Å². The zero-order valence-electron chi connectivity index (χ0n) is 9.06. The van der Waals surface area contributed by atoms with Crippen molar-refractivity contribution in [1.29, 1.82) is 5.26 Å². The Morgan fingerprint density at radius 2 is 2.47 bits per heavy atom. The minimum absolute atomic E-state index is 0.0128. The van der Waals surface area contributed by atoms with Gasteiger partial charge in [-0.3, -0.25) is 9.69 Å². The van der Waals surface area contributed by atoms with Gasteiger partial charge in [-0.25, -0.2) is 4.98 Å². The molecule has 1 aromatic rings. The fourth-order valence-electron chi connectivity index (χ4n) is 1.83. The van der Waals surface area contributed by atoms with Crippen LogP contribution in [0, 0.1) is 17.2 Å². The average Bonchev–Trinajstić information content (AvgIpc) is 2.70. The number of nitriles is 1. The number of nitrogens with zero attached hydrogens (tertiary/aromatic N) is 3. The van der Waals surface area contributed by atoms with E-state index in [1.54, 1.807) is 23.2 Å². The van der Waals surface area contributed by atoms with Gasteiger partial charge in [0, 0.05) is 29.6 Å². The summed E-state index contributed by atoms with van der Waals surface area (Å²) in [6.07, 6.45) is 3.79. The van der Waals surface area contributed by atoms with Crippen molar-refractivity contribution in [1.82, 2.24) is 4.98 Å². The Morgan fingerprint density at radius 1 is 1.71 bits per heavy atom. The summed E-state index contributed by atoms with van der Waals surface area (Å²) >= 11 is 3.25. The third-order valence-electron chi connectivity index (χ3n) is 2.70. The van der Waals surface area contributed by atoms with Crippen molar-refractivity contribution in [2.45, 2.75) is 6.42 Å². The fraction of sp³-hybridized carbons (Fsp3) is 0.250. The van der Waals surface area contributed by atoms with Crippen molar-refractivity contribution in [3.63, 3.8) is 0 Å². The van der Waals surface area contributed by atoms with Crippen molar-refractivity contribution in [3.8, 4) is 6.07 Å². The highest BCUT2D eigenvalue weighted by atomic mass is 79.9. The van der Waals surface area contributed by atoms with E-state index in [4.69, 9.17) is 5.26 Å². The van der Waals surface area contributed by atoms with Crippen molar-refractivity contribution < 1.29 is 4.79 Å². The van der Waals surface area contributed by atoms with Crippen molar-refractivity contribution in [3.05, 3.63) is 35.0 Å². The second-order valence-corrected chi connectivity index (χ2v) is 4.76. The summed E-state index contributed by atoms with van der Waals surface area (Å²) in [6.45, 7) is 4.24. The summed E-state index contributed by atoms with van der Waals surface area (Å²) in [5, 5.41) is 9.04. The van der Waals surface area contributed by atoms with E-state index in [-0.39, 0.29) is 11.8 Å². The largest absolute Gasteiger partial charge is 0.295 e. The van der Waals surface area contributed by atoms with Crippen LogP contribution in [0.15, 0.2) is 29.4 Å². The molecule has 4 nitrogen and oxygen atoms in total. The van der Waals surface area contributed by atoms with E-state index in [2.05, 4.69) is 33.6 Å². The lowest BCUT2D eigenvalue weighted by Crippen LogP contribution is -2.26. The maximum absolute atomic E-state index is 11.8. The number of anilines is 1. The minimum atomic E-state index is -0.0128. The van der Waals surface area contributed by atoms with Crippen LogP contribution in [0.1, 0.15) is 12.0 Å². The van der Waals surface area contributed by atoms with Crippen molar-refractivity contribution in [2.75, 3.05) is 11.4 Å². The number of hydrogen-bond acceptors (Lipinski definition) is 3. The molecule has 1 aromatic heterocycles. The number of pyridine rings is 1. The highest BCUT2D eigenvalue weighted by molar-refractivity contribution is 9.10. The lowest BCUT2D eigenvalue weighted by molar-refractivity contribution is -0.117. The minimum Gasteiger partial charge on any atom is -0.295 e. The summed E-state index contributed by atoms with van der Waals surface area (Å²) in [7, 11) is 0. The molecule has 0 radical (unpaired) electrons. The third kappa shape index (κ3) is 2.22. The molecular formula is C12H10BrN3O. The van der Waals surface area contributed by atoms with Crippen LogP contribution in [-0.2, 0) is 4.79 Å². The lowest BCUT2D eigenvalue weighted by Gasteiger charge is -2.16. The Labute approximate surface area is 108 Å².